The monoisotopic (exact) mass is 319 g/mol. The quantitative estimate of drug-likeness (QED) is 0.631. The molecule has 122 valence electrons. The Bertz CT molecular complexity index is 679. The number of benzene rings is 1. The van der Waals surface area contributed by atoms with Gasteiger partial charge in [0.05, 0.1) is 19.1 Å². The van der Waals surface area contributed by atoms with Crippen LogP contribution in [0.4, 0.5) is 4.39 Å². The van der Waals surface area contributed by atoms with Crippen LogP contribution in [0, 0.1) is 11.2 Å². The number of Topliss-reactive ketones (excluding diaryl/α,β-unsaturated/α-hetero) is 1. The summed E-state index contributed by atoms with van der Waals surface area (Å²) in [5.41, 5.74) is -0.473. The second-order valence-electron chi connectivity index (χ2n) is 6.22. The Balaban J connectivity index is 1.76. The van der Waals surface area contributed by atoms with Crippen LogP contribution in [0.5, 0.6) is 5.75 Å². The summed E-state index contributed by atoms with van der Waals surface area (Å²) >= 11 is 0. The van der Waals surface area contributed by atoms with Crippen LogP contribution in [0.1, 0.15) is 42.5 Å². The van der Waals surface area contributed by atoms with E-state index in [0.29, 0.717) is 12.8 Å². The minimum Gasteiger partial charge on any atom is -0.494 e. The standard InChI is InChI=1S/C17H18FNO4/c1-23-14-5-4-11(8-12(14)18)13(20)10-19-15(21)9-17(16(19)22)6-2-3-7-17/h4-5,8H,2-3,6-7,9-10H2,1H3. The Kier molecular flexibility index (Phi) is 3.92. The highest BCUT2D eigenvalue weighted by Crippen LogP contribution is 2.46. The lowest BCUT2D eigenvalue weighted by atomic mass is 9.84. The number of carbonyl (C=O) groups excluding carboxylic acids is 3. The number of amides is 2. The Hall–Kier alpha value is -2.24. The fourth-order valence-corrected chi connectivity index (χ4v) is 3.54. The van der Waals surface area contributed by atoms with Crippen molar-refractivity contribution in [2.24, 2.45) is 5.41 Å². The van der Waals surface area contributed by atoms with Crippen molar-refractivity contribution in [3.8, 4) is 5.75 Å². The summed E-state index contributed by atoms with van der Waals surface area (Å²) in [6.45, 7) is -0.328. The number of methoxy groups -OCH3 is 1. The molecule has 6 heteroatoms. The first-order valence-corrected chi connectivity index (χ1v) is 7.68. The lowest BCUT2D eigenvalue weighted by Crippen LogP contribution is -2.38. The van der Waals surface area contributed by atoms with Gasteiger partial charge < -0.3 is 4.74 Å². The highest BCUT2D eigenvalue weighted by atomic mass is 19.1. The maximum Gasteiger partial charge on any atom is 0.236 e. The minimum atomic E-state index is -0.648. The van der Waals surface area contributed by atoms with Crippen LogP contribution in [0.15, 0.2) is 18.2 Å². The first kappa shape index (κ1) is 15.6. The number of halogens is 1. The maximum atomic E-state index is 13.7. The van der Waals surface area contributed by atoms with Gasteiger partial charge in [0.1, 0.15) is 0 Å². The number of imide groups is 1. The summed E-state index contributed by atoms with van der Waals surface area (Å²) in [6.07, 6.45) is 3.48. The summed E-state index contributed by atoms with van der Waals surface area (Å²) in [4.78, 5) is 38.0. The first-order valence-electron chi connectivity index (χ1n) is 7.68. The molecule has 0 radical (unpaired) electrons. The molecule has 0 bridgehead atoms. The number of carbonyl (C=O) groups is 3. The van der Waals surface area contributed by atoms with Gasteiger partial charge in [-0.05, 0) is 31.0 Å². The number of hydrogen-bond donors (Lipinski definition) is 0. The van der Waals surface area contributed by atoms with E-state index >= 15 is 0 Å². The average Bonchev–Trinajstić information content (AvgIpc) is 3.08. The van der Waals surface area contributed by atoms with Crippen LogP contribution < -0.4 is 4.74 Å². The Labute approximate surface area is 133 Å². The number of likely N-dealkylation sites (tertiary alicyclic amines) is 1. The third-order valence-corrected chi connectivity index (χ3v) is 4.83. The van der Waals surface area contributed by atoms with Crippen molar-refractivity contribution in [1.82, 2.24) is 4.90 Å². The normalized spacial score (nSPS) is 19.7. The molecule has 3 rings (SSSR count). The van der Waals surface area contributed by atoms with Crippen LogP contribution >= 0.6 is 0 Å². The van der Waals surface area contributed by atoms with Crippen LogP contribution in [0.25, 0.3) is 0 Å². The molecule has 0 aromatic heterocycles. The van der Waals surface area contributed by atoms with E-state index < -0.39 is 17.0 Å². The van der Waals surface area contributed by atoms with E-state index in [2.05, 4.69) is 0 Å². The molecular formula is C17H18FNO4. The molecule has 2 aliphatic rings. The molecule has 1 aromatic rings. The van der Waals surface area contributed by atoms with Crippen molar-refractivity contribution in [2.45, 2.75) is 32.1 Å². The molecule has 1 aromatic carbocycles. The van der Waals surface area contributed by atoms with Gasteiger partial charge in [-0.1, -0.05) is 12.8 Å². The summed E-state index contributed by atoms with van der Waals surface area (Å²) in [5, 5.41) is 0. The van der Waals surface area contributed by atoms with Crippen molar-refractivity contribution in [1.29, 1.82) is 0 Å². The Morgan fingerprint density at radius 1 is 1.30 bits per heavy atom. The molecule has 2 amide bonds. The van der Waals surface area contributed by atoms with Crippen LogP contribution in [-0.2, 0) is 9.59 Å². The second-order valence-corrected chi connectivity index (χ2v) is 6.22. The number of ether oxygens (including phenoxy) is 1. The number of nitrogens with zero attached hydrogens (tertiary/aromatic N) is 1. The van der Waals surface area contributed by atoms with E-state index in [4.69, 9.17) is 4.74 Å². The van der Waals surface area contributed by atoms with E-state index in [9.17, 15) is 18.8 Å². The zero-order valence-electron chi connectivity index (χ0n) is 12.9. The molecule has 1 saturated heterocycles. The van der Waals surface area contributed by atoms with Crippen molar-refractivity contribution in [3.05, 3.63) is 29.6 Å². The fraction of sp³-hybridized carbons (Fsp3) is 0.471. The van der Waals surface area contributed by atoms with Gasteiger partial charge in [-0.15, -0.1) is 0 Å². The third kappa shape index (κ3) is 2.62. The number of rotatable bonds is 4. The average molecular weight is 319 g/mol. The zero-order chi connectivity index (χ0) is 16.6. The fourth-order valence-electron chi connectivity index (χ4n) is 3.54. The Morgan fingerprint density at radius 3 is 2.61 bits per heavy atom. The van der Waals surface area contributed by atoms with Crippen molar-refractivity contribution >= 4 is 17.6 Å². The van der Waals surface area contributed by atoms with Crippen LogP contribution in [0.3, 0.4) is 0 Å². The van der Waals surface area contributed by atoms with Gasteiger partial charge in [0, 0.05) is 12.0 Å². The predicted octanol–water partition coefficient (Wildman–Crippen LogP) is 2.34. The summed E-state index contributed by atoms with van der Waals surface area (Å²) < 4.78 is 18.5. The van der Waals surface area contributed by atoms with E-state index in [1.807, 2.05) is 0 Å². The molecule has 23 heavy (non-hydrogen) atoms. The molecule has 0 N–H and O–H groups in total. The smallest absolute Gasteiger partial charge is 0.236 e. The molecule has 2 fully saturated rings. The molecule has 5 nitrogen and oxygen atoms in total. The van der Waals surface area contributed by atoms with Crippen LogP contribution in [0.2, 0.25) is 0 Å². The second kappa shape index (κ2) is 5.76. The largest absolute Gasteiger partial charge is 0.494 e. The van der Waals surface area contributed by atoms with Gasteiger partial charge in [-0.25, -0.2) is 4.39 Å². The highest BCUT2D eigenvalue weighted by Gasteiger charge is 2.52. The molecule has 1 spiro atoms. The molecule has 0 unspecified atom stereocenters. The molecule has 1 aliphatic heterocycles. The maximum absolute atomic E-state index is 13.7. The SMILES string of the molecule is COc1ccc(C(=O)CN2C(=O)CC3(CCCC3)C2=O)cc1F. The topological polar surface area (TPSA) is 63.7 Å². The van der Waals surface area contributed by atoms with E-state index in [-0.39, 0.29) is 36.1 Å². The summed E-state index contributed by atoms with van der Waals surface area (Å²) in [7, 11) is 1.34. The van der Waals surface area contributed by atoms with E-state index in [0.717, 1.165) is 23.8 Å². The highest BCUT2D eigenvalue weighted by molar-refractivity contribution is 6.10. The van der Waals surface area contributed by atoms with Crippen molar-refractivity contribution < 1.29 is 23.5 Å². The van der Waals surface area contributed by atoms with Crippen molar-refractivity contribution in [2.75, 3.05) is 13.7 Å². The lowest BCUT2D eigenvalue weighted by molar-refractivity contribution is -0.140. The molecule has 1 saturated carbocycles. The van der Waals surface area contributed by atoms with Gasteiger partial charge in [0.15, 0.2) is 17.3 Å². The van der Waals surface area contributed by atoms with E-state index in [1.165, 1.54) is 19.2 Å². The lowest BCUT2D eigenvalue weighted by Gasteiger charge is -2.20. The number of ketones is 1. The Morgan fingerprint density at radius 2 is 2.00 bits per heavy atom. The molecule has 1 heterocycles. The molecular weight excluding hydrogens is 301 g/mol. The summed E-state index contributed by atoms with van der Waals surface area (Å²) in [5.74, 6) is -1.62. The summed E-state index contributed by atoms with van der Waals surface area (Å²) in [6, 6.07) is 3.85. The minimum absolute atomic E-state index is 0.0415. The zero-order valence-corrected chi connectivity index (χ0v) is 12.9. The van der Waals surface area contributed by atoms with Gasteiger partial charge in [-0.3, -0.25) is 19.3 Å². The van der Waals surface area contributed by atoms with Gasteiger partial charge in [0.2, 0.25) is 11.8 Å². The van der Waals surface area contributed by atoms with Gasteiger partial charge >= 0.3 is 0 Å². The van der Waals surface area contributed by atoms with Gasteiger partial charge in [-0.2, -0.15) is 0 Å². The molecule has 0 atom stereocenters. The predicted molar refractivity (Wildman–Crippen MR) is 79.5 cm³/mol. The van der Waals surface area contributed by atoms with E-state index in [1.54, 1.807) is 0 Å². The molecule has 1 aliphatic carbocycles. The third-order valence-electron chi connectivity index (χ3n) is 4.83. The van der Waals surface area contributed by atoms with Crippen LogP contribution in [-0.4, -0.2) is 36.2 Å². The number of hydrogen-bond acceptors (Lipinski definition) is 4. The van der Waals surface area contributed by atoms with Gasteiger partial charge in [0.25, 0.3) is 0 Å². The van der Waals surface area contributed by atoms with Crippen molar-refractivity contribution in [3.63, 3.8) is 0 Å². The first-order chi connectivity index (χ1) is 11.0.